The van der Waals surface area contributed by atoms with Crippen molar-refractivity contribution in [2.75, 3.05) is 0 Å². The number of benzene rings is 1. The largest absolute Gasteiger partial charge is 0.391 e. The second-order valence-electron chi connectivity index (χ2n) is 4.86. The highest BCUT2D eigenvalue weighted by Crippen LogP contribution is 2.29. The summed E-state index contributed by atoms with van der Waals surface area (Å²) in [6.07, 6.45) is -0.769. The molecule has 1 rings (SSSR count). The molecular formula is C12H18FNO. The Morgan fingerprint density at radius 3 is 2.27 bits per heavy atom. The molecule has 0 aliphatic carbocycles. The molecule has 1 aromatic rings. The van der Waals surface area contributed by atoms with Crippen molar-refractivity contribution in [1.29, 1.82) is 0 Å². The van der Waals surface area contributed by atoms with Crippen molar-refractivity contribution in [2.24, 2.45) is 11.1 Å². The summed E-state index contributed by atoms with van der Waals surface area (Å²) in [5.41, 5.74) is 5.84. The first kappa shape index (κ1) is 12.1. The Bertz CT molecular complexity index is 333. The van der Waals surface area contributed by atoms with Crippen molar-refractivity contribution in [3.8, 4) is 0 Å². The summed E-state index contributed by atoms with van der Waals surface area (Å²) in [5, 5.41) is 9.94. The van der Waals surface area contributed by atoms with E-state index in [-0.39, 0.29) is 11.2 Å². The molecule has 0 aromatic heterocycles. The third kappa shape index (κ3) is 2.76. The van der Waals surface area contributed by atoms with Gasteiger partial charge in [0.1, 0.15) is 5.82 Å². The number of halogens is 1. The molecule has 3 heteroatoms. The van der Waals surface area contributed by atoms with Crippen LogP contribution in [0.5, 0.6) is 0 Å². The Kier molecular flexibility index (Phi) is 3.47. The van der Waals surface area contributed by atoms with Gasteiger partial charge < -0.3 is 10.8 Å². The van der Waals surface area contributed by atoms with Gasteiger partial charge in [-0.15, -0.1) is 0 Å². The van der Waals surface area contributed by atoms with Crippen LogP contribution in [0.1, 0.15) is 32.4 Å². The Morgan fingerprint density at radius 2 is 1.80 bits per heavy atom. The first-order valence-electron chi connectivity index (χ1n) is 5.02. The third-order valence-electron chi connectivity index (χ3n) is 2.49. The molecule has 0 heterocycles. The number of aliphatic hydroxyl groups is 1. The van der Waals surface area contributed by atoms with Crippen LogP contribution in [-0.4, -0.2) is 11.2 Å². The highest BCUT2D eigenvalue weighted by Gasteiger charge is 2.30. The molecule has 0 aliphatic heterocycles. The van der Waals surface area contributed by atoms with Crippen LogP contribution < -0.4 is 5.73 Å². The molecule has 2 nitrogen and oxygen atoms in total. The van der Waals surface area contributed by atoms with E-state index in [1.807, 2.05) is 20.8 Å². The van der Waals surface area contributed by atoms with Crippen molar-refractivity contribution in [1.82, 2.24) is 0 Å². The second kappa shape index (κ2) is 4.29. The van der Waals surface area contributed by atoms with Crippen molar-refractivity contribution in [2.45, 2.75) is 32.9 Å². The summed E-state index contributed by atoms with van der Waals surface area (Å²) in [7, 11) is 0. The van der Waals surface area contributed by atoms with Gasteiger partial charge in [0, 0.05) is 5.56 Å². The normalized spacial score (nSPS) is 16.1. The average molecular weight is 211 g/mol. The number of rotatable bonds is 2. The van der Waals surface area contributed by atoms with Crippen LogP contribution in [0.25, 0.3) is 0 Å². The van der Waals surface area contributed by atoms with E-state index in [0.29, 0.717) is 5.56 Å². The van der Waals surface area contributed by atoms with E-state index in [1.165, 1.54) is 6.07 Å². The maximum Gasteiger partial charge on any atom is 0.128 e. The second-order valence-corrected chi connectivity index (χ2v) is 4.86. The van der Waals surface area contributed by atoms with Crippen LogP contribution in [0.4, 0.5) is 4.39 Å². The molecule has 1 aromatic carbocycles. The van der Waals surface area contributed by atoms with Gasteiger partial charge in [0.25, 0.3) is 0 Å². The Hall–Kier alpha value is -0.930. The quantitative estimate of drug-likeness (QED) is 0.788. The smallest absolute Gasteiger partial charge is 0.128 e. The molecule has 0 bridgehead atoms. The zero-order chi connectivity index (χ0) is 11.6. The average Bonchev–Trinajstić information content (AvgIpc) is 2.15. The zero-order valence-electron chi connectivity index (χ0n) is 9.37. The number of aliphatic hydroxyl groups excluding tert-OH is 1. The van der Waals surface area contributed by atoms with E-state index in [0.717, 1.165) is 0 Å². The SMILES string of the molecule is CC(C)(C)[C@H](O)[C@H](N)c1ccccc1F. The summed E-state index contributed by atoms with van der Waals surface area (Å²) in [5.74, 6) is -0.367. The van der Waals surface area contributed by atoms with Gasteiger partial charge in [-0.3, -0.25) is 0 Å². The topological polar surface area (TPSA) is 46.2 Å². The molecule has 84 valence electrons. The lowest BCUT2D eigenvalue weighted by atomic mass is 9.82. The van der Waals surface area contributed by atoms with Gasteiger partial charge in [0.15, 0.2) is 0 Å². The summed E-state index contributed by atoms with van der Waals surface area (Å²) < 4.78 is 13.4. The van der Waals surface area contributed by atoms with Gasteiger partial charge in [-0.25, -0.2) is 4.39 Å². The van der Waals surface area contributed by atoms with Gasteiger partial charge in [0.2, 0.25) is 0 Å². The van der Waals surface area contributed by atoms with Crippen LogP contribution in [0.3, 0.4) is 0 Å². The highest BCUT2D eigenvalue weighted by molar-refractivity contribution is 5.22. The first-order chi connectivity index (χ1) is 6.84. The van der Waals surface area contributed by atoms with E-state index in [2.05, 4.69) is 0 Å². The summed E-state index contributed by atoms with van der Waals surface area (Å²) in [6, 6.07) is 5.59. The molecule has 2 atom stereocenters. The molecule has 0 saturated carbocycles. The minimum absolute atomic E-state index is 0.359. The van der Waals surface area contributed by atoms with Crippen molar-refractivity contribution in [3.05, 3.63) is 35.6 Å². The maximum absolute atomic E-state index is 13.4. The van der Waals surface area contributed by atoms with Gasteiger partial charge in [-0.1, -0.05) is 39.0 Å². The lowest BCUT2D eigenvalue weighted by Crippen LogP contribution is -2.37. The van der Waals surface area contributed by atoms with E-state index >= 15 is 0 Å². The van der Waals surface area contributed by atoms with Crippen molar-refractivity contribution < 1.29 is 9.50 Å². The molecule has 0 radical (unpaired) electrons. The van der Waals surface area contributed by atoms with Crippen LogP contribution >= 0.6 is 0 Å². The molecule has 0 unspecified atom stereocenters. The minimum atomic E-state index is -0.769. The molecule has 0 amide bonds. The molecule has 0 spiro atoms. The van der Waals surface area contributed by atoms with Gasteiger partial charge in [-0.2, -0.15) is 0 Å². The Balaban J connectivity index is 2.95. The zero-order valence-corrected chi connectivity index (χ0v) is 9.37. The first-order valence-corrected chi connectivity index (χ1v) is 5.02. The Morgan fingerprint density at radius 1 is 1.27 bits per heavy atom. The van der Waals surface area contributed by atoms with Crippen molar-refractivity contribution >= 4 is 0 Å². The van der Waals surface area contributed by atoms with Crippen molar-refractivity contribution in [3.63, 3.8) is 0 Å². The highest BCUT2D eigenvalue weighted by atomic mass is 19.1. The van der Waals surface area contributed by atoms with E-state index in [4.69, 9.17) is 5.73 Å². The molecule has 15 heavy (non-hydrogen) atoms. The molecular weight excluding hydrogens is 193 g/mol. The predicted octanol–water partition coefficient (Wildman–Crippen LogP) is 2.23. The van der Waals surface area contributed by atoms with Crippen LogP contribution in [0.2, 0.25) is 0 Å². The molecule has 0 aliphatic rings. The van der Waals surface area contributed by atoms with Crippen LogP contribution in [0, 0.1) is 11.2 Å². The summed E-state index contributed by atoms with van der Waals surface area (Å²) in [4.78, 5) is 0. The third-order valence-corrected chi connectivity index (χ3v) is 2.49. The molecule has 3 N–H and O–H groups in total. The number of hydrogen-bond donors (Lipinski definition) is 2. The fraction of sp³-hybridized carbons (Fsp3) is 0.500. The number of nitrogens with two attached hydrogens (primary N) is 1. The fourth-order valence-electron chi connectivity index (χ4n) is 1.45. The maximum atomic E-state index is 13.4. The lowest BCUT2D eigenvalue weighted by molar-refractivity contribution is 0.0391. The van der Waals surface area contributed by atoms with Gasteiger partial charge in [-0.05, 0) is 11.5 Å². The van der Waals surface area contributed by atoms with E-state index < -0.39 is 12.1 Å². The van der Waals surface area contributed by atoms with Gasteiger partial charge >= 0.3 is 0 Å². The fourth-order valence-corrected chi connectivity index (χ4v) is 1.45. The monoisotopic (exact) mass is 211 g/mol. The molecule has 0 saturated heterocycles. The number of hydrogen-bond acceptors (Lipinski definition) is 2. The van der Waals surface area contributed by atoms with Crippen LogP contribution in [0.15, 0.2) is 24.3 Å². The standard InChI is InChI=1S/C12H18FNO/c1-12(2,3)11(15)10(14)8-6-4-5-7-9(8)13/h4-7,10-11,15H,14H2,1-3H3/t10-,11-/m1/s1. The van der Waals surface area contributed by atoms with E-state index in [9.17, 15) is 9.50 Å². The van der Waals surface area contributed by atoms with E-state index in [1.54, 1.807) is 18.2 Å². The predicted molar refractivity (Wildman–Crippen MR) is 58.8 cm³/mol. The minimum Gasteiger partial charge on any atom is -0.391 e. The summed E-state index contributed by atoms with van der Waals surface area (Å²) >= 11 is 0. The molecule has 0 fully saturated rings. The lowest BCUT2D eigenvalue weighted by Gasteiger charge is -2.31. The summed E-state index contributed by atoms with van der Waals surface area (Å²) in [6.45, 7) is 5.62. The van der Waals surface area contributed by atoms with Gasteiger partial charge in [0.05, 0.1) is 12.1 Å². The van der Waals surface area contributed by atoms with Crippen LogP contribution in [-0.2, 0) is 0 Å². The Labute approximate surface area is 89.9 Å².